The molecule has 1 atom stereocenters. The number of pyridine rings is 1. The minimum Gasteiger partial charge on any atom is -0.396 e. The molecule has 2 N–H and O–H groups in total. The Kier molecular flexibility index (Phi) is 5.05. The number of hydrogen-bond acceptors (Lipinski definition) is 4. The van der Waals surface area contributed by atoms with Gasteiger partial charge in [0.1, 0.15) is 5.69 Å². The van der Waals surface area contributed by atoms with Crippen LogP contribution in [0.4, 0.5) is 0 Å². The third kappa shape index (κ3) is 4.13. The van der Waals surface area contributed by atoms with Gasteiger partial charge < -0.3 is 10.4 Å². The van der Waals surface area contributed by atoms with Crippen LogP contribution in [0.5, 0.6) is 0 Å². The SMILES string of the molecule is Cc1cc(C(=O)NCC(CO)Cc2ccccn2)nn1C. The first-order chi connectivity index (χ1) is 10.1. The quantitative estimate of drug-likeness (QED) is 0.820. The number of aliphatic hydroxyl groups excluding tert-OH is 1. The highest BCUT2D eigenvalue weighted by Gasteiger charge is 2.14. The van der Waals surface area contributed by atoms with E-state index in [2.05, 4.69) is 15.4 Å². The third-order valence-electron chi connectivity index (χ3n) is 3.38. The van der Waals surface area contributed by atoms with E-state index in [0.717, 1.165) is 11.4 Å². The molecule has 6 nitrogen and oxygen atoms in total. The lowest BCUT2D eigenvalue weighted by Crippen LogP contribution is -2.32. The monoisotopic (exact) mass is 288 g/mol. The smallest absolute Gasteiger partial charge is 0.271 e. The van der Waals surface area contributed by atoms with Gasteiger partial charge in [0.15, 0.2) is 0 Å². The van der Waals surface area contributed by atoms with Crippen molar-refractivity contribution < 1.29 is 9.90 Å². The fourth-order valence-electron chi connectivity index (χ4n) is 2.02. The van der Waals surface area contributed by atoms with Gasteiger partial charge in [-0.3, -0.25) is 14.5 Å². The zero-order valence-electron chi connectivity index (χ0n) is 12.3. The molecule has 0 saturated carbocycles. The number of aryl methyl sites for hydroxylation is 2. The van der Waals surface area contributed by atoms with Gasteiger partial charge in [-0.25, -0.2) is 0 Å². The topological polar surface area (TPSA) is 80.0 Å². The number of carbonyl (C=O) groups excluding carboxylic acids is 1. The lowest BCUT2D eigenvalue weighted by atomic mass is 10.0. The molecule has 0 spiro atoms. The predicted octanol–water partition coefficient (Wildman–Crippen LogP) is 0.705. The maximum Gasteiger partial charge on any atom is 0.271 e. The van der Waals surface area contributed by atoms with Crippen LogP contribution in [0.2, 0.25) is 0 Å². The zero-order valence-corrected chi connectivity index (χ0v) is 12.3. The molecule has 0 aliphatic rings. The summed E-state index contributed by atoms with van der Waals surface area (Å²) in [5.41, 5.74) is 2.22. The van der Waals surface area contributed by atoms with Crippen LogP contribution in [0.1, 0.15) is 21.9 Å². The molecule has 1 unspecified atom stereocenters. The molecule has 0 bridgehead atoms. The Hall–Kier alpha value is -2.21. The number of rotatable bonds is 6. The molecular weight excluding hydrogens is 268 g/mol. The molecular formula is C15H20N4O2. The van der Waals surface area contributed by atoms with Crippen LogP contribution in [0.15, 0.2) is 30.5 Å². The molecule has 0 aliphatic heterocycles. The molecule has 2 aromatic heterocycles. The van der Waals surface area contributed by atoms with Crippen molar-refractivity contribution in [3.63, 3.8) is 0 Å². The Balaban J connectivity index is 1.89. The van der Waals surface area contributed by atoms with Crippen LogP contribution >= 0.6 is 0 Å². The summed E-state index contributed by atoms with van der Waals surface area (Å²) in [6.07, 6.45) is 2.35. The highest BCUT2D eigenvalue weighted by molar-refractivity contribution is 5.92. The first-order valence-corrected chi connectivity index (χ1v) is 6.89. The van der Waals surface area contributed by atoms with Crippen molar-refractivity contribution in [2.24, 2.45) is 13.0 Å². The number of amides is 1. The maximum absolute atomic E-state index is 12.0. The van der Waals surface area contributed by atoms with Crippen molar-refractivity contribution >= 4 is 5.91 Å². The van der Waals surface area contributed by atoms with Gasteiger partial charge in [0.05, 0.1) is 0 Å². The van der Waals surface area contributed by atoms with Crippen molar-refractivity contribution in [3.05, 3.63) is 47.5 Å². The Morgan fingerprint density at radius 3 is 2.86 bits per heavy atom. The molecule has 2 rings (SSSR count). The first-order valence-electron chi connectivity index (χ1n) is 6.89. The van der Waals surface area contributed by atoms with E-state index in [0.29, 0.717) is 18.7 Å². The molecule has 1 amide bonds. The lowest BCUT2D eigenvalue weighted by molar-refractivity contribution is 0.0934. The third-order valence-corrected chi connectivity index (χ3v) is 3.38. The van der Waals surface area contributed by atoms with E-state index < -0.39 is 0 Å². The van der Waals surface area contributed by atoms with Crippen LogP contribution in [-0.2, 0) is 13.5 Å². The van der Waals surface area contributed by atoms with Crippen LogP contribution < -0.4 is 5.32 Å². The second-order valence-corrected chi connectivity index (χ2v) is 5.08. The van der Waals surface area contributed by atoms with Gasteiger partial charge in [-0.05, 0) is 31.5 Å². The van der Waals surface area contributed by atoms with E-state index in [1.54, 1.807) is 24.0 Å². The van der Waals surface area contributed by atoms with Crippen molar-refractivity contribution in [2.45, 2.75) is 13.3 Å². The second-order valence-electron chi connectivity index (χ2n) is 5.08. The van der Waals surface area contributed by atoms with Gasteiger partial charge in [-0.15, -0.1) is 0 Å². The first kappa shape index (κ1) is 15.2. The largest absolute Gasteiger partial charge is 0.396 e. The van der Waals surface area contributed by atoms with E-state index in [4.69, 9.17) is 0 Å². The van der Waals surface area contributed by atoms with E-state index in [1.165, 1.54) is 0 Å². The number of nitrogens with one attached hydrogen (secondary N) is 1. The maximum atomic E-state index is 12.0. The van der Waals surface area contributed by atoms with E-state index in [9.17, 15) is 9.90 Å². The normalized spacial score (nSPS) is 12.1. The number of carbonyl (C=O) groups is 1. The fraction of sp³-hybridized carbons (Fsp3) is 0.400. The van der Waals surface area contributed by atoms with E-state index >= 15 is 0 Å². The Morgan fingerprint density at radius 1 is 1.48 bits per heavy atom. The summed E-state index contributed by atoms with van der Waals surface area (Å²) in [5, 5.41) is 16.4. The average Bonchev–Trinajstić information content (AvgIpc) is 2.84. The molecule has 0 aromatic carbocycles. The summed E-state index contributed by atoms with van der Waals surface area (Å²) in [7, 11) is 1.80. The minimum absolute atomic E-state index is 0.00188. The van der Waals surface area contributed by atoms with Gasteiger partial charge >= 0.3 is 0 Å². The van der Waals surface area contributed by atoms with Crippen molar-refractivity contribution in [3.8, 4) is 0 Å². The van der Waals surface area contributed by atoms with Crippen molar-refractivity contribution in [1.29, 1.82) is 0 Å². The average molecular weight is 288 g/mol. The van der Waals surface area contributed by atoms with Crippen LogP contribution in [-0.4, -0.2) is 38.9 Å². The summed E-state index contributed by atoms with van der Waals surface area (Å²) in [5.74, 6) is -0.285. The van der Waals surface area contributed by atoms with Crippen LogP contribution in [0, 0.1) is 12.8 Å². The van der Waals surface area contributed by atoms with Gasteiger partial charge in [-0.1, -0.05) is 6.07 Å². The molecule has 0 aliphatic carbocycles. The molecule has 0 fully saturated rings. The van der Waals surface area contributed by atoms with Crippen LogP contribution in [0.25, 0.3) is 0 Å². The van der Waals surface area contributed by atoms with Gasteiger partial charge in [0.2, 0.25) is 0 Å². The second kappa shape index (κ2) is 6.99. The minimum atomic E-state index is -0.224. The number of aliphatic hydroxyl groups is 1. The van der Waals surface area contributed by atoms with Crippen molar-refractivity contribution in [1.82, 2.24) is 20.1 Å². The van der Waals surface area contributed by atoms with Crippen molar-refractivity contribution in [2.75, 3.05) is 13.2 Å². The molecule has 0 radical (unpaired) electrons. The molecule has 2 aromatic rings. The Labute approximate surface area is 123 Å². The summed E-state index contributed by atoms with van der Waals surface area (Å²) in [4.78, 5) is 16.2. The van der Waals surface area contributed by atoms with E-state index in [1.807, 2.05) is 25.1 Å². The summed E-state index contributed by atoms with van der Waals surface area (Å²) < 4.78 is 1.66. The van der Waals surface area contributed by atoms with Gasteiger partial charge in [-0.2, -0.15) is 5.10 Å². The Bertz CT molecular complexity index is 575. The van der Waals surface area contributed by atoms with Gasteiger partial charge in [0.25, 0.3) is 5.91 Å². The molecule has 2 heterocycles. The number of aromatic nitrogens is 3. The summed E-state index contributed by atoms with van der Waals surface area (Å²) in [6.45, 7) is 2.28. The molecule has 6 heteroatoms. The molecule has 21 heavy (non-hydrogen) atoms. The highest BCUT2D eigenvalue weighted by atomic mass is 16.3. The number of nitrogens with zero attached hydrogens (tertiary/aromatic N) is 3. The Morgan fingerprint density at radius 2 is 2.29 bits per heavy atom. The van der Waals surface area contributed by atoms with Gasteiger partial charge in [0, 0.05) is 43.7 Å². The summed E-state index contributed by atoms with van der Waals surface area (Å²) >= 11 is 0. The molecule has 112 valence electrons. The molecule has 0 saturated heterocycles. The predicted molar refractivity (Wildman–Crippen MR) is 78.8 cm³/mol. The fourth-order valence-corrected chi connectivity index (χ4v) is 2.02. The highest BCUT2D eigenvalue weighted by Crippen LogP contribution is 2.06. The lowest BCUT2D eigenvalue weighted by Gasteiger charge is -2.14. The summed E-state index contributed by atoms with van der Waals surface area (Å²) in [6, 6.07) is 7.41. The van der Waals surface area contributed by atoms with E-state index in [-0.39, 0.29) is 18.4 Å². The zero-order chi connectivity index (χ0) is 15.2. The standard InChI is InChI=1S/C15H20N4O2/c1-11-7-14(18-19(11)2)15(21)17-9-12(10-20)8-13-5-3-4-6-16-13/h3-7,12,20H,8-10H2,1-2H3,(H,17,21). The van der Waals surface area contributed by atoms with Crippen LogP contribution in [0.3, 0.4) is 0 Å². The number of hydrogen-bond donors (Lipinski definition) is 2.